The molecule has 74 valence electrons. The number of carbonyl (C=O) groups excluding carboxylic acids is 1. The summed E-state index contributed by atoms with van der Waals surface area (Å²) < 4.78 is 12.7. The van der Waals surface area contributed by atoms with E-state index in [-0.39, 0.29) is 5.82 Å². The SMILES string of the molecule is O=CCC(c1ccc(F)cc1)C1CC1. The fourth-order valence-electron chi connectivity index (χ4n) is 1.91. The summed E-state index contributed by atoms with van der Waals surface area (Å²) in [5, 5.41) is 0. The summed E-state index contributed by atoms with van der Waals surface area (Å²) >= 11 is 0. The zero-order valence-corrected chi connectivity index (χ0v) is 7.95. The van der Waals surface area contributed by atoms with Crippen LogP contribution >= 0.6 is 0 Å². The number of rotatable bonds is 4. The van der Waals surface area contributed by atoms with Crippen LogP contribution in [0.1, 0.15) is 30.7 Å². The van der Waals surface area contributed by atoms with Gasteiger partial charge in [0.1, 0.15) is 12.1 Å². The number of carbonyl (C=O) groups is 1. The van der Waals surface area contributed by atoms with Crippen LogP contribution < -0.4 is 0 Å². The van der Waals surface area contributed by atoms with Gasteiger partial charge in [-0.25, -0.2) is 4.39 Å². The van der Waals surface area contributed by atoms with Crippen LogP contribution in [0.4, 0.5) is 4.39 Å². The fourth-order valence-corrected chi connectivity index (χ4v) is 1.91. The molecule has 0 spiro atoms. The van der Waals surface area contributed by atoms with Gasteiger partial charge in [-0.2, -0.15) is 0 Å². The summed E-state index contributed by atoms with van der Waals surface area (Å²) in [6.45, 7) is 0. The molecule has 0 aliphatic heterocycles. The molecule has 1 aliphatic carbocycles. The lowest BCUT2D eigenvalue weighted by atomic mass is 9.92. The Morgan fingerprint density at radius 2 is 2.00 bits per heavy atom. The van der Waals surface area contributed by atoms with Gasteiger partial charge in [0.25, 0.3) is 0 Å². The first-order valence-electron chi connectivity index (χ1n) is 5.00. The summed E-state index contributed by atoms with van der Waals surface area (Å²) in [4.78, 5) is 10.5. The number of hydrogen-bond acceptors (Lipinski definition) is 1. The second-order valence-electron chi connectivity index (χ2n) is 3.90. The highest BCUT2D eigenvalue weighted by atomic mass is 19.1. The van der Waals surface area contributed by atoms with Crippen LogP contribution in [0.5, 0.6) is 0 Å². The Morgan fingerprint density at radius 3 is 2.50 bits per heavy atom. The molecule has 0 N–H and O–H groups in total. The van der Waals surface area contributed by atoms with E-state index in [0.29, 0.717) is 18.3 Å². The van der Waals surface area contributed by atoms with Crippen molar-refractivity contribution in [1.29, 1.82) is 0 Å². The van der Waals surface area contributed by atoms with Crippen molar-refractivity contribution in [2.75, 3.05) is 0 Å². The molecule has 1 aliphatic rings. The van der Waals surface area contributed by atoms with Gasteiger partial charge in [-0.3, -0.25) is 0 Å². The molecule has 2 heteroatoms. The fraction of sp³-hybridized carbons (Fsp3) is 0.417. The molecule has 0 heterocycles. The number of hydrogen-bond donors (Lipinski definition) is 0. The van der Waals surface area contributed by atoms with Crippen molar-refractivity contribution in [1.82, 2.24) is 0 Å². The van der Waals surface area contributed by atoms with Crippen LogP contribution in [0, 0.1) is 11.7 Å². The monoisotopic (exact) mass is 192 g/mol. The minimum Gasteiger partial charge on any atom is -0.303 e. The van der Waals surface area contributed by atoms with Crippen LogP contribution in [0.15, 0.2) is 24.3 Å². The topological polar surface area (TPSA) is 17.1 Å². The second kappa shape index (κ2) is 3.91. The third-order valence-corrected chi connectivity index (χ3v) is 2.84. The van der Waals surface area contributed by atoms with Crippen LogP contribution in [0.2, 0.25) is 0 Å². The minimum atomic E-state index is -0.214. The van der Waals surface area contributed by atoms with Gasteiger partial charge in [0.05, 0.1) is 0 Å². The first-order chi connectivity index (χ1) is 6.81. The summed E-state index contributed by atoms with van der Waals surface area (Å²) in [6.07, 6.45) is 3.94. The van der Waals surface area contributed by atoms with Crippen LogP contribution in [-0.4, -0.2) is 6.29 Å². The predicted molar refractivity (Wildman–Crippen MR) is 52.5 cm³/mol. The molecular weight excluding hydrogens is 179 g/mol. The molecule has 2 rings (SSSR count). The highest BCUT2D eigenvalue weighted by Crippen LogP contribution is 2.43. The Labute approximate surface area is 82.9 Å². The van der Waals surface area contributed by atoms with E-state index in [1.807, 2.05) is 0 Å². The van der Waals surface area contributed by atoms with Gasteiger partial charge in [-0.1, -0.05) is 12.1 Å². The van der Waals surface area contributed by atoms with E-state index in [1.165, 1.54) is 25.0 Å². The second-order valence-corrected chi connectivity index (χ2v) is 3.90. The molecule has 1 aromatic rings. The first kappa shape index (κ1) is 9.38. The van der Waals surface area contributed by atoms with Crippen molar-refractivity contribution >= 4 is 6.29 Å². The van der Waals surface area contributed by atoms with Crippen molar-refractivity contribution < 1.29 is 9.18 Å². The number of aldehydes is 1. The van der Waals surface area contributed by atoms with Gasteiger partial charge in [-0.15, -0.1) is 0 Å². The smallest absolute Gasteiger partial charge is 0.123 e. The van der Waals surface area contributed by atoms with Crippen LogP contribution in [0.25, 0.3) is 0 Å². The lowest BCUT2D eigenvalue weighted by Crippen LogP contribution is -2.01. The maximum Gasteiger partial charge on any atom is 0.123 e. The van der Waals surface area contributed by atoms with Crippen molar-refractivity contribution in [3.05, 3.63) is 35.6 Å². The zero-order valence-electron chi connectivity index (χ0n) is 7.95. The van der Waals surface area contributed by atoms with Crippen molar-refractivity contribution in [3.8, 4) is 0 Å². The van der Waals surface area contributed by atoms with Gasteiger partial charge in [0.2, 0.25) is 0 Å². The van der Waals surface area contributed by atoms with Crippen LogP contribution in [0.3, 0.4) is 0 Å². The molecule has 1 unspecified atom stereocenters. The summed E-state index contributed by atoms with van der Waals surface area (Å²) in [7, 11) is 0. The van der Waals surface area contributed by atoms with E-state index in [0.717, 1.165) is 11.8 Å². The molecule has 1 saturated carbocycles. The van der Waals surface area contributed by atoms with E-state index >= 15 is 0 Å². The average molecular weight is 192 g/mol. The Hall–Kier alpha value is -1.18. The zero-order chi connectivity index (χ0) is 9.97. The average Bonchev–Trinajstić information content (AvgIpc) is 2.99. The lowest BCUT2D eigenvalue weighted by Gasteiger charge is -2.12. The molecule has 1 fully saturated rings. The van der Waals surface area contributed by atoms with Gasteiger partial charge < -0.3 is 4.79 Å². The van der Waals surface area contributed by atoms with Crippen LogP contribution in [-0.2, 0) is 4.79 Å². The molecule has 0 bridgehead atoms. The van der Waals surface area contributed by atoms with Gasteiger partial charge in [-0.05, 0) is 42.4 Å². The number of halogens is 1. The van der Waals surface area contributed by atoms with Crippen molar-refractivity contribution in [2.45, 2.75) is 25.2 Å². The molecule has 14 heavy (non-hydrogen) atoms. The Morgan fingerprint density at radius 1 is 1.36 bits per heavy atom. The van der Waals surface area contributed by atoms with Gasteiger partial charge >= 0.3 is 0 Å². The van der Waals surface area contributed by atoms with Gasteiger partial charge in [0, 0.05) is 6.42 Å². The molecule has 1 aromatic carbocycles. The molecule has 1 atom stereocenters. The third-order valence-electron chi connectivity index (χ3n) is 2.84. The standard InChI is InChI=1S/C12H13FO/c13-11-5-3-10(4-6-11)12(7-8-14)9-1-2-9/h3-6,8-9,12H,1-2,7H2. The lowest BCUT2D eigenvalue weighted by molar-refractivity contribution is -0.108. The maximum absolute atomic E-state index is 12.7. The molecule has 0 aromatic heterocycles. The maximum atomic E-state index is 12.7. The largest absolute Gasteiger partial charge is 0.303 e. The summed E-state index contributed by atoms with van der Waals surface area (Å²) in [5.41, 5.74) is 1.10. The van der Waals surface area contributed by atoms with E-state index in [4.69, 9.17) is 0 Å². The Balaban J connectivity index is 2.16. The first-order valence-corrected chi connectivity index (χ1v) is 5.00. The van der Waals surface area contributed by atoms with E-state index in [2.05, 4.69) is 0 Å². The highest BCUT2D eigenvalue weighted by molar-refractivity contribution is 5.52. The molecule has 0 saturated heterocycles. The summed E-state index contributed by atoms with van der Waals surface area (Å²) in [6, 6.07) is 6.52. The highest BCUT2D eigenvalue weighted by Gasteiger charge is 2.31. The molecular formula is C12H13FO. The van der Waals surface area contributed by atoms with E-state index in [9.17, 15) is 9.18 Å². The van der Waals surface area contributed by atoms with Crippen molar-refractivity contribution in [2.24, 2.45) is 5.92 Å². The van der Waals surface area contributed by atoms with Gasteiger partial charge in [0.15, 0.2) is 0 Å². The van der Waals surface area contributed by atoms with E-state index in [1.54, 1.807) is 12.1 Å². The minimum absolute atomic E-state index is 0.214. The Bertz CT molecular complexity index is 314. The Kier molecular flexibility index (Phi) is 2.62. The predicted octanol–water partition coefficient (Wildman–Crippen LogP) is 2.91. The molecule has 0 radical (unpaired) electrons. The van der Waals surface area contributed by atoms with Crippen molar-refractivity contribution in [3.63, 3.8) is 0 Å². The molecule has 0 amide bonds. The van der Waals surface area contributed by atoms with E-state index < -0.39 is 0 Å². The molecule has 1 nitrogen and oxygen atoms in total. The quantitative estimate of drug-likeness (QED) is 0.670. The third kappa shape index (κ3) is 2.00. The normalized spacial score (nSPS) is 17.8. The summed E-state index contributed by atoms with van der Waals surface area (Å²) in [5.74, 6) is 0.744. The number of benzene rings is 1.